The number of nitrogens with one attached hydrogen (secondary N) is 1. The number of halogens is 1. The van der Waals surface area contributed by atoms with Gasteiger partial charge in [-0.05, 0) is 49.6 Å². The summed E-state index contributed by atoms with van der Waals surface area (Å²) >= 11 is 0. The molecule has 0 saturated carbocycles. The fourth-order valence-electron chi connectivity index (χ4n) is 3.75. The van der Waals surface area contributed by atoms with Crippen molar-refractivity contribution in [3.05, 3.63) is 70.5 Å². The van der Waals surface area contributed by atoms with Crippen molar-refractivity contribution in [1.82, 2.24) is 10.5 Å². The molecule has 1 amide bonds. The lowest BCUT2D eigenvalue weighted by atomic mass is 9.75. The Morgan fingerprint density at radius 1 is 1.28 bits per heavy atom. The van der Waals surface area contributed by atoms with Gasteiger partial charge in [-0.3, -0.25) is 4.79 Å². The third-order valence-corrected chi connectivity index (χ3v) is 5.01. The summed E-state index contributed by atoms with van der Waals surface area (Å²) in [4.78, 5) is 12.5. The molecular weight excluding hydrogens is 323 g/mol. The highest BCUT2D eigenvalue weighted by Gasteiger charge is 2.53. The van der Waals surface area contributed by atoms with Crippen LogP contribution in [0, 0.1) is 25.6 Å². The second-order valence-electron chi connectivity index (χ2n) is 6.50. The number of aromatic nitrogens is 1. The van der Waals surface area contributed by atoms with Crippen molar-refractivity contribution in [2.75, 3.05) is 0 Å². The van der Waals surface area contributed by atoms with Crippen LogP contribution >= 0.6 is 0 Å². The lowest BCUT2D eigenvalue weighted by molar-refractivity contribution is -0.139. The van der Waals surface area contributed by atoms with E-state index < -0.39 is 23.2 Å². The fourth-order valence-corrected chi connectivity index (χ4v) is 3.75. The molecule has 128 valence electrons. The van der Waals surface area contributed by atoms with Gasteiger partial charge in [-0.15, -0.1) is 0 Å². The van der Waals surface area contributed by atoms with Gasteiger partial charge in [0.05, 0.1) is 5.69 Å². The molecule has 1 saturated heterocycles. The summed E-state index contributed by atoms with van der Waals surface area (Å²) in [5.41, 5.74) is 1.91. The highest BCUT2D eigenvalue weighted by molar-refractivity contribution is 5.93. The minimum atomic E-state index is -1.74. The molecule has 2 atom stereocenters. The van der Waals surface area contributed by atoms with Gasteiger partial charge in [-0.2, -0.15) is 0 Å². The number of hydrogen-bond donors (Lipinski definition) is 2. The summed E-state index contributed by atoms with van der Waals surface area (Å²) in [6.45, 7) is 3.69. The van der Waals surface area contributed by atoms with Crippen LogP contribution in [0.15, 0.2) is 46.6 Å². The number of amides is 1. The Bertz CT molecular complexity index is 907. The second-order valence-corrected chi connectivity index (χ2v) is 6.50. The van der Waals surface area contributed by atoms with E-state index in [1.807, 2.05) is 19.9 Å². The van der Waals surface area contributed by atoms with Gasteiger partial charge in [0.25, 0.3) is 5.91 Å². The molecule has 6 heteroatoms. The number of rotatable bonds is 2. The highest BCUT2D eigenvalue weighted by atomic mass is 19.1. The molecule has 0 spiro atoms. The average Bonchev–Trinajstić information content (AvgIpc) is 3.06. The standard InChI is InChI=1S/C19H17FN2O3/c1-10-17(11(2)25-22-10)12-3-8-16-15(9-12)19(24,18(23)21-16)13-4-6-14(20)7-5-13/h3-8,15,24H,9H2,1-2H3,(H,21,23). The summed E-state index contributed by atoms with van der Waals surface area (Å²) in [5.74, 6) is -0.687. The Labute approximate surface area is 143 Å². The van der Waals surface area contributed by atoms with Crippen molar-refractivity contribution in [1.29, 1.82) is 0 Å². The SMILES string of the molecule is Cc1noc(C)c1C1=CC=C2NC(=O)C(O)(c3ccc(F)cc3)C2C1. The largest absolute Gasteiger partial charge is 0.375 e. The van der Waals surface area contributed by atoms with Crippen molar-refractivity contribution in [3.63, 3.8) is 0 Å². The van der Waals surface area contributed by atoms with Crippen molar-refractivity contribution >= 4 is 11.5 Å². The number of allylic oxidation sites excluding steroid dienone is 3. The van der Waals surface area contributed by atoms with E-state index in [1.165, 1.54) is 24.3 Å². The molecule has 0 bridgehead atoms. The van der Waals surface area contributed by atoms with Crippen LogP contribution in [0.5, 0.6) is 0 Å². The van der Waals surface area contributed by atoms with Crippen LogP contribution in [0.3, 0.4) is 0 Å². The summed E-state index contributed by atoms with van der Waals surface area (Å²) < 4.78 is 18.5. The molecule has 1 aliphatic heterocycles. The van der Waals surface area contributed by atoms with Gasteiger partial charge in [0.15, 0.2) is 5.60 Å². The van der Waals surface area contributed by atoms with Gasteiger partial charge >= 0.3 is 0 Å². The molecule has 1 fully saturated rings. The summed E-state index contributed by atoms with van der Waals surface area (Å²) in [5, 5.41) is 18.0. The van der Waals surface area contributed by atoms with Crippen LogP contribution in [0.2, 0.25) is 0 Å². The smallest absolute Gasteiger partial charge is 0.261 e. The number of nitrogens with zero attached hydrogens (tertiary/aromatic N) is 1. The maximum Gasteiger partial charge on any atom is 0.261 e. The number of fused-ring (bicyclic) bond motifs is 1. The number of carbonyl (C=O) groups excluding carboxylic acids is 1. The number of aryl methyl sites for hydroxylation is 2. The number of carbonyl (C=O) groups is 1. The van der Waals surface area contributed by atoms with E-state index in [9.17, 15) is 14.3 Å². The summed E-state index contributed by atoms with van der Waals surface area (Å²) in [6.07, 6.45) is 4.16. The molecule has 0 radical (unpaired) electrons. The topological polar surface area (TPSA) is 75.4 Å². The number of aliphatic hydroxyl groups is 1. The quantitative estimate of drug-likeness (QED) is 0.881. The zero-order chi connectivity index (χ0) is 17.8. The van der Waals surface area contributed by atoms with Crippen LogP contribution < -0.4 is 5.32 Å². The van der Waals surface area contributed by atoms with E-state index in [1.54, 1.807) is 6.08 Å². The van der Waals surface area contributed by atoms with Crippen molar-refractivity contribution in [2.24, 2.45) is 5.92 Å². The number of hydrogen-bond acceptors (Lipinski definition) is 4. The van der Waals surface area contributed by atoms with E-state index >= 15 is 0 Å². The summed E-state index contributed by atoms with van der Waals surface area (Å²) in [6, 6.07) is 5.39. The Hall–Kier alpha value is -2.73. The highest BCUT2D eigenvalue weighted by Crippen LogP contribution is 2.46. The second kappa shape index (κ2) is 5.39. The van der Waals surface area contributed by atoms with Crippen LogP contribution in [0.25, 0.3) is 5.57 Å². The average molecular weight is 340 g/mol. The van der Waals surface area contributed by atoms with Crippen LogP contribution in [0.1, 0.15) is 29.0 Å². The monoisotopic (exact) mass is 340 g/mol. The molecule has 2 heterocycles. The lowest BCUT2D eigenvalue weighted by Crippen LogP contribution is -2.39. The predicted octanol–water partition coefficient (Wildman–Crippen LogP) is 2.74. The van der Waals surface area contributed by atoms with Crippen molar-refractivity contribution in [3.8, 4) is 0 Å². The Balaban J connectivity index is 1.76. The Morgan fingerprint density at radius 2 is 2.00 bits per heavy atom. The third kappa shape index (κ3) is 2.25. The zero-order valence-corrected chi connectivity index (χ0v) is 13.8. The normalized spacial score (nSPS) is 25.3. The fraction of sp³-hybridized carbons (Fsp3) is 0.263. The van der Waals surface area contributed by atoms with Gasteiger partial charge < -0.3 is 14.9 Å². The van der Waals surface area contributed by atoms with Crippen LogP contribution in [-0.2, 0) is 10.4 Å². The van der Waals surface area contributed by atoms with Crippen molar-refractivity contribution in [2.45, 2.75) is 25.9 Å². The van der Waals surface area contributed by atoms with Gasteiger partial charge in [-0.1, -0.05) is 23.4 Å². The van der Waals surface area contributed by atoms with Gasteiger partial charge in [-0.25, -0.2) is 4.39 Å². The van der Waals surface area contributed by atoms with Gasteiger partial charge in [0.1, 0.15) is 11.6 Å². The molecule has 5 nitrogen and oxygen atoms in total. The first-order valence-electron chi connectivity index (χ1n) is 8.05. The first kappa shape index (κ1) is 15.8. The molecule has 4 rings (SSSR count). The van der Waals surface area contributed by atoms with E-state index in [0.717, 1.165) is 16.8 Å². The molecule has 2 aliphatic rings. The van der Waals surface area contributed by atoms with E-state index in [2.05, 4.69) is 10.5 Å². The summed E-state index contributed by atoms with van der Waals surface area (Å²) in [7, 11) is 0. The molecule has 2 unspecified atom stereocenters. The first-order valence-corrected chi connectivity index (χ1v) is 8.05. The molecule has 1 aromatic heterocycles. The van der Waals surface area contributed by atoms with Crippen molar-refractivity contribution < 1.29 is 18.8 Å². The maximum atomic E-state index is 13.2. The van der Waals surface area contributed by atoms with E-state index in [4.69, 9.17) is 4.52 Å². The Kier molecular flexibility index (Phi) is 3.40. The maximum absolute atomic E-state index is 13.2. The minimum absolute atomic E-state index is 0.375. The third-order valence-electron chi connectivity index (χ3n) is 5.01. The molecule has 1 aromatic carbocycles. The van der Waals surface area contributed by atoms with Gasteiger partial charge in [0.2, 0.25) is 0 Å². The first-order chi connectivity index (χ1) is 11.9. The Morgan fingerprint density at radius 3 is 2.64 bits per heavy atom. The predicted molar refractivity (Wildman–Crippen MR) is 88.6 cm³/mol. The number of benzene rings is 1. The molecule has 2 N–H and O–H groups in total. The van der Waals surface area contributed by atoms with E-state index in [-0.39, 0.29) is 0 Å². The molecule has 1 aliphatic carbocycles. The van der Waals surface area contributed by atoms with Gasteiger partial charge in [0, 0.05) is 17.2 Å². The van der Waals surface area contributed by atoms with Crippen LogP contribution in [0.4, 0.5) is 4.39 Å². The van der Waals surface area contributed by atoms with E-state index in [0.29, 0.717) is 23.4 Å². The lowest BCUT2D eigenvalue weighted by Gasteiger charge is -2.30. The minimum Gasteiger partial charge on any atom is -0.375 e. The molecule has 2 aromatic rings. The zero-order valence-electron chi connectivity index (χ0n) is 13.8. The van der Waals surface area contributed by atoms with Crippen LogP contribution in [-0.4, -0.2) is 16.2 Å². The molecular formula is C19H17FN2O3. The molecule has 25 heavy (non-hydrogen) atoms.